The average molecular weight is 455 g/mol. The summed E-state index contributed by atoms with van der Waals surface area (Å²) in [6, 6.07) is 9.36. The Bertz CT molecular complexity index is 1020. The Kier molecular flexibility index (Phi) is 6.89. The number of thiazole rings is 1. The third-order valence-electron chi connectivity index (χ3n) is 5.50. The van der Waals surface area contributed by atoms with Crippen LogP contribution in [0.2, 0.25) is 0 Å². The van der Waals surface area contributed by atoms with Gasteiger partial charge in [0.05, 0.1) is 29.8 Å². The van der Waals surface area contributed by atoms with Gasteiger partial charge in [-0.05, 0) is 59.6 Å². The Morgan fingerprint density at radius 1 is 1.31 bits per heavy atom. The Balaban J connectivity index is 1.59. The van der Waals surface area contributed by atoms with Gasteiger partial charge < -0.3 is 15.0 Å². The molecule has 1 atom stereocenters. The molecule has 1 saturated heterocycles. The maximum atomic E-state index is 12.8. The van der Waals surface area contributed by atoms with E-state index < -0.39 is 5.60 Å². The number of nitriles is 1. The largest absolute Gasteiger partial charge is 0.444 e. The third kappa shape index (κ3) is 5.86. The summed E-state index contributed by atoms with van der Waals surface area (Å²) < 4.78 is 5.56. The topological polar surface area (TPSA) is 95.3 Å². The summed E-state index contributed by atoms with van der Waals surface area (Å²) in [5, 5.41) is 14.6. The van der Waals surface area contributed by atoms with Crippen molar-refractivity contribution in [1.82, 2.24) is 15.2 Å². The van der Waals surface area contributed by atoms with E-state index in [0.29, 0.717) is 25.1 Å². The standard InChI is InChI=1S/C24H30N4O3S/c1-23(2,3)31-22(30)28-14-18(10-11-24(28,4)5)21(29)26-13-20-27-19(15-32-20)17-8-6-16(12-25)7-9-17/h6-9,15,18H,10-11,13-14H2,1-5H3,(H,26,29). The van der Waals surface area contributed by atoms with Gasteiger partial charge in [-0.2, -0.15) is 5.26 Å². The van der Waals surface area contributed by atoms with E-state index in [9.17, 15) is 9.59 Å². The summed E-state index contributed by atoms with van der Waals surface area (Å²) in [5.41, 5.74) is 1.41. The van der Waals surface area contributed by atoms with E-state index in [2.05, 4.69) is 16.4 Å². The molecule has 32 heavy (non-hydrogen) atoms. The van der Waals surface area contributed by atoms with E-state index in [-0.39, 0.29) is 23.5 Å². The molecule has 0 aliphatic carbocycles. The number of nitrogens with one attached hydrogen (secondary N) is 1. The Morgan fingerprint density at radius 3 is 2.62 bits per heavy atom. The first-order chi connectivity index (χ1) is 15.0. The van der Waals surface area contributed by atoms with Crippen LogP contribution in [0.4, 0.5) is 4.79 Å². The minimum atomic E-state index is -0.583. The second-order valence-electron chi connectivity index (χ2n) is 9.67. The monoisotopic (exact) mass is 454 g/mol. The van der Waals surface area contributed by atoms with Crippen LogP contribution in [0.3, 0.4) is 0 Å². The van der Waals surface area contributed by atoms with Crippen molar-refractivity contribution in [2.45, 2.75) is 65.1 Å². The molecule has 0 bridgehead atoms. The van der Waals surface area contributed by atoms with Crippen molar-refractivity contribution in [3.05, 3.63) is 40.2 Å². The molecular weight excluding hydrogens is 424 g/mol. The first-order valence-corrected chi connectivity index (χ1v) is 11.6. The van der Waals surface area contributed by atoms with E-state index in [4.69, 9.17) is 10.00 Å². The van der Waals surface area contributed by atoms with Gasteiger partial charge >= 0.3 is 6.09 Å². The second kappa shape index (κ2) is 9.29. The molecule has 1 aliphatic heterocycles. The second-order valence-corrected chi connectivity index (χ2v) is 10.6. The lowest BCUT2D eigenvalue weighted by Crippen LogP contribution is -2.56. The van der Waals surface area contributed by atoms with Crippen LogP contribution >= 0.6 is 11.3 Å². The zero-order valence-corrected chi connectivity index (χ0v) is 20.1. The summed E-state index contributed by atoms with van der Waals surface area (Å²) in [6.07, 6.45) is 1.06. The van der Waals surface area contributed by atoms with Crippen LogP contribution in [0, 0.1) is 17.2 Å². The number of ether oxygens (including phenoxy) is 1. The lowest BCUT2D eigenvalue weighted by atomic mass is 9.84. The third-order valence-corrected chi connectivity index (χ3v) is 6.35. The molecule has 2 amide bonds. The summed E-state index contributed by atoms with van der Waals surface area (Å²) in [5.74, 6) is -0.363. The van der Waals surface area contributed by atoms with Crippen molar-refractivity contribution in [3.63, 3.8) is 0 Å². The molecule has 1 aromatic heterocycles. The number of rotatable bonds is 4. The summed E-state index contributed by atoms with van der Waals surface area (Å²) in [6.45, 7) is 10.2. The fourth-order valence-electron chi connectivity index (χ4n) is 3.62. The molecule has 3 rings (SSSR count). The molecule has 7 nitrogen and oxygen atoms in total. The van der Waals surface area contributed by atoms with Crippen LogP contribution in [0.15, 0.2) is 29.6 Å². The SMILES string of the molecule is CC(C)(C)OC(=O)N1CC(C(=O)NCc2nc(-c3ccc(C#N)cc3)cs2)CCC1(C)C. The minimum Gasteiger partial charge on any atom is -0.444 e. The molecule has 2 heterocycles. The minimum absolute atomic E-state index is 0.0795. The smallest absolute Gasteiger partial charge is 0.410 e. The highest BCUT2D eigenvalue weighted by Crippen LogP contribution is 2.32. The number of aromatic nitrogens is 1. The molecule has 8 heteroatoms. The summed E-state index contributed by atoms with van der Waals surface area (Å²) in [4.78, 5) is 31.8. The average Bonchev–Trinajstić information content (AvgIpc) is 3.19. The summed E-state index contributed by atoms with van der Waals surface area (Å²) in [7, 11) is 0. The van der Waals surface area contributed by atoms with Crippen molar-refractivity contribution in [2.24, 2.45) is 5.92 Å². The number of piperidine rings is 1. The van der Waals surface area contributed by atoms with Crippen molar-refractivity contribution >= 4 is 23.3 Å². The van der Waals surface area contributed by atoms with Crippen molar-refractivity contribution in [3.8, 4) is 17.3 Å². The molecule has 0 spiro atoms. The van der Waals surface area contributed by atoms with Crippen molar-refractivity contribution < 1.29 is 14.3 Å². The lowest BCUT2D eigenvalue weighted by molar-refractivity contribution is -0.128. The highest BCUT2D eigenvalue weighted by atomic mass is 32.1. The molecular formula is C24H30N4O3S. The van der Waals surface area contributed by atoms with Crippen LogP contribution in [-0.2, 0) is 16.1 Å². The normalized spacial score (nSPS) is 18.0. The molecule has 2 aromatic rings. The van der Waals surface area contributed by atoms with Crippen LogP contribution in [-0.4, -0.2) is 39.6 Å². The maximum Gasteiger partial charge on any atom is 0.410 e. The fraction of sp³-hybridized carbons (Fsp3) is 0.500. The number of carbonyl (C=O) groups excluding carboxylic acids is 2. The van der Waals surface area contributed by atoms with Gasteiger partial charge in [-0.25, -0.2) is 9.78 Å². The number of nitrogens with zero attached hydrogens (tertiary/aromatic N) is 3. The molecule has 1 unspecified atom stereocenters. The number of amides is 2. The van der Waals surface area contributed by atoms with Gasteiger partial charge in [-0.1, -0.05) is 12.1 Å². The lowest BCUT2D eigenvalue weighted by Gasteiger charge is -2.45. The van der Waals surface area contributed by atoms with Gasteiger partial charge in [0.2, 0.25) is 5.91 Å². The number of carbonyl (C=O) groups is 2. The highest BCUT2D eigenvalue weighted by Gasteiger charge is 2.41. The first-order valence-electron chi connectivity index (χ1n) is 10.7. The molecule has 1 aromatic carbocycles. The molecule has 170 valence electrons. The van der Waals surface area contributed by atoms with Crippen molar-refractivity contribution in [1.29, 1.82) is 5.26 Å². The Labute approximate surface area is 193 Å². The molecule has 1 aliphatic rings. The predicted octanol–water partition coefficient (Wildman–Crippen LogP) is 4.72. The van der Waals surface area contributed by atoms with E-state index in [1.54, 1.807) is 17.0 Å². The van der Waals surface area contributed by atoms with E-state index in [1.807, 2.05) is 52.1 Å². The van der Waals surface area contributed by atoms with E-state index >= 15 is 0 Å². The maximum absolute atomic E-state index is 12.8. The van der Waals surface area contributed by atoms with Gasteiger partial charge in [0.1, 0.15) is 10.6 Å². The molecule has 1 fully saturated rings. The molecule has 0 radical (unpaired) electrons. The van der Waals surface area contributed by atoms with E-state index in [0.717, 1.165) is 22.7 Å². The predicted molar refractivity (Wildman–Crippen MR) is 124 cm³/mol. The first kappa shape index (κ1) is 23.7. The fourth-order valence-corrected chi connectivity index (χ4v) is 4.36. The number of likely N-dealkylation sites (tertiary alicyclic amines) is 1. The van der Waals surface area contributed by atoms with Gasteiger partial charge in [-0.3, -0.25) is 4.79 Å². The van der Waals surface area contributed by atoms with Gasteiger partial charge in [0.25, 0.3) is 0 Å². The van der Waals surface area contributed by atoms with Gasteiger partial charge in [0, 0.05) is 23.0 Å². The van der Waals surface area contributed by atoms with Gasteiger partial charge in [0.15, 0.2) is 0 Å². The van der Waals surface area contributed by atoms with E-state index in [1.165, 1.54) is 11.3 Å². The highest BCUT2D eigenvalue weighted by molar-refractivity contribution is 7.09. The van der Waals surface area contributed by atoms with Crippen LogP contribution in [0.1, 0.15) is 58.0 Å². The summed E-state index contributed by atoms with van der Waals surface area (Å²) >= 11 is 1.48. The number of hydrogen-bond acceptors (Lipinski definition) is 6. The van der Waals surface area contributed by atoms with Crippen LogP contribution in [0.25, 0.3) is 11.3 Å². The Morgan fingerprint density at radius 2 is 2.00 bits per heavy atom. The number of benzene rings is 1. The molecule has 1 N–H and O–H groups in total. The zero-order valence-electron chi connectivity index (χ0n) is 19.3. The Hall–Kier alpha value is -2.92. The van der Waals surface area contributed by atoms with Crippen molar-refractivity contribution in [2.75, 3.05) is 6.54 Å². The van der Waals surface area contributed by atoms with Crippen LogP contribution in [0.5, 0.6) is 0 Å². The van der Waals surface area contributed by atoms with Crippen LogP contribution < -0.4 is 5.32 Å². The zero-order chi connectivity index (χ0) is 23.5. The van der Waals surface area contributed by atoms with Gasteiger partial charge in [-0.15, -0.1) is 11.3 Å². The number of hydrogen-bond donors (Lipinski definition) is 1. The quantitative estimate of drug-likeness (QED) is 0.721. The molecule has 0 saturated carbocycles.